The van der Waals surface area contributed by atoms with Gasteiger partial charge < -0.3 is 15.0 Å². The van der Waals surface area contributed by atoms with Crippen LogP contribution in [0, 0.1) is 12.8 Å². The van der Waals surface area contributed by atoms with Gasteiger partial charge in [-0.1, -0.05) is 13.8 Å². The van der Waals surface area contributed by atoms with Crippen LogP contribution in [-0.2, 0) is 20.7 Å². The first-order valence-electron chi connectivity index (χ1n) is 9.98. The Labute approximate surface area is 165 Å². The number of thiazole rings is 1. The molecule has 2 fully saturated rings. The van der Waals surface area contributed by atoms with Crippen molar-refractivity contribution < 1.29 is 14.3 Å². The molecule has 0 aromatic carbocycles. The lowest BCUT2D eigenvalue weighted by atomic mass is 9.88. The van der Waals surface area contributed by atoms with E-state index in [1.54, 1.807) is 11.3 Å². The van der Waals surface area contributed by atoms with Crippen molar-refractivity contribution in [1.29, 1.82) is 0 Å². The third-order valence-electron chi connectivity index (χ3n) is 5.48. The first-order chi connectivity index (χ1) is 12.8. The predicted molar refractivity (Wildman–Crippen MR) is 106 cm³/mol. The molecule has 1 aromatic heterocycles. The molecule has 7 heteroatoms. The third kappa shape index (κ3) is 5.51. The van der Waals surface area contributed by atoms with E-state index < -0.39 is 0 Å². The molecule has 150 valence electrons. The second kappa shape index (κ2) is 8.69. The summed E-state index contributed by atoms with van der Waals surface area (Å²) in [6, 6.07) is 0. The van der Waals surface area contributed by atoms with Crippen LogP contribution >= 0.6 is 11.3 Å². The minimum Gasteiger partial charge on any atom is -0.370 e. The molecule has 1 atom stereocenters. The molecule has 0 aliphatic carbocycles. The maximum atomic E-state index is 12.2. The number of piperidine rings is 1. The van der Waals surface area contributed by atoms with Gasteiger partial charge in [0.2, 0.25) is 11.8 Å². The van der Waals surface area contributed by atoms with Crippen molar-refractivity contribution in [2.75, 3.05) is 19.6 Å². The quantitative estimate of drug-likeness (QED) is 0.807. The second-order valence-electron chi connectivity index (χ2n) is 8.28. The van der Waals surface area contributed by atoms with Gasteiger partial charge in [-0.3, -0.25) is 9.59 Å². The Hall–Kier alpha value is -1.47. The molecule has 1 N–H and O–H groups in total. The number of nitrogens with one attached hydrogen (secondary N) is 1. The molecule has 6 nitrogen and oxygen atoms in total. The van der Waals surface area contributed by atoms with E-state index in [4.69, 9.17) is 4.74 Å². The van der Waals surface area contributed by atoms with Gasteiger partial charge in [-0.25, -0.2) is 4.98 Å². The SMILES string of the molecule is Cc1nc(CC(=O)NCC2CCC3(CCN(C(=O)CC(C)C)CC3)O2)cs1. The number of amides is 2. The topological polar surface area (TPSA) is 71.5 Å². The number of hydrogen-bond acceptors (Lipinski definition) is 5. The summed E-state index contributed by atoms with van der Waals surface area (Å²) in [4.78, 5) is 30.7. The van der Waals surface area contributed by atoms with Gasteiger partial charge in [-0.2, -0.15) is 0 Å². The largest absolute Gasteiger partial charge is 0.370 e. The van der Waals surface area contributed by atoms with Crippen molar-refractivity contribution in [1.82, 2.24) is 15.2 Å². The number of ether oxygens (including phenoxy) is 1. The average molecular weight is 394 g/mol. The summed E-state index contributed by atoms with van der Waals surface area (Å²) in [5, 5.41) is 5.91. The van der Waals surface area contributed by atoms with Crippen LogP contribution in [0.15, 0.2) is 5.38 Å². The maximum Gasteiger partial charge on any atom is 0.226 e. The highest BCUT2D eigenvalue weighted by molar-refractivity contribution is 7.09. The van der Waals surface area contributed by atoms with Gasteiger partial charge in [0.25, 0.3) is 0 Å². The number of aryl methyl sites for hydroxylation is 1. The third-order valence-corrected chi connectivity index (χ3v) is 6.31. The minimum atomic E-state index is -0.101. The lowest BCUT2D eigenvalue weighted by Crippen LogP contribution is -2.47. The van der Waals surface area contributed by atoms with Crippen molar-refractivity contribution >= 4 is 23.2 Å². The van der Waals surface area contributed by atoms with Crippen molar-refractivity contribution in [2.24, 2.45) is 5.92 Å². The molecule has 2 saturated heterocycles. The van der Waals surface area contributed by atoms with E-state index in [0.717, 1.165) is 49.5 Å². The zero-order chi connectivity index (χ0) is 19.4. The van der Waals surface area contributed by atoms with Crippen LogP contribution in [0.5, 0.6) is 0 Å². The number of hydrogen-bond donors (Lipinski definition) is 1. The van der Waals surface area contributed by atoms with Crippen molar-refractivity contribution in [2.45, 2.75) is 71.0 Å². The van der Waals surface area contributed by atoms with E-state index in [1.165, 1.54) is 0 Å². The van der Waals surface area contributed by atoms with Crippen LogP contribution < -0.4 is 5.32 Å². The smallest absolute Gasteiger partial charge is 0.226 e. The van der Waals surface area contributed by atoms with Gasteiger partial charge in [-0.15, -0.1) is 11.3 Å². The van der Waals surface area contributed by atoms with Crippen LogP contribution in [0.2, 0.25) is 0 Å². The van der Waals surface area contributed by atoms with Crippen LogP contribution in [0.3, 0.4) is 0 Å². The van der Waals surface area contributed by atoms with E-state index in [0.29, 0.717) is 25.3 Å². The average Bonchev–Trinajstić information content (AvgIpc) is 3.19. The van der Waals surface area contributed by atoms with Gasteiger partial charge in [0.15, 0.2) is 0 Å². The molecule has 3 rings (SSSR count). The zero-order valence-electron chi connectivity index (χ0n) is 16.6. The highest BCUT2D eigenvalue weighted by atomic mass is 32.1. The molecule has 2 amide bonds. The van der Waals surface area contributed by atoms with Crippen molar-refractivity contribution in [3.63, 3.8) is 0 Å². The summed E-state index contributed by atoms with van der Waals surface area (Å²) in [7, 11) is 0. The van der Waals surface area contributed by atoms with E-state index in [1.807, 2.05) is 17.2 Å². The summed E-state index contributed by atoms with van der Waals surface area (Å²) >= 11 is 1.57. The Morgan fingerprint density at radius 1 is 1.37 bits per heavy atom. The molecular formula is C20H31N3O3S. The predicted octanol–water partition coefficient (Wildman–Crippen LogP) is 2.70. The Bertz CT molecular complexity index is 665. The summed E-state index contributed by atoms with van der Waals surface area (Å²) in [6.45, 7) is 8.23. The first kappa shape index (κ1) is 20.3. The van der Waals surface area contributed by atoms with E-state index in [2.05, 4.69) is 24.1 Å². The van der Waals surface area contributed by atoms with Gasteiger partial charge in [0, 0.05) is 31.4 Å². The van der Waals surface area contributed by atoms with Crippen LogP contribution in [-0.4, -0.2) is 53.0 Å². The van der Waals surface area contributed by atoms with Gasteiger partial charge in [0.05, 0.1) is 28.8 Å². The van der Waals surface area contributed by atoms with Gasteiger partial charge >= 0.3 is 0 Å². The molecule has 2 aliphatic rings. The molecule has 0 saturated carbocycles. The molecule has 1 aromatic rings. The number of carbonyl (C=O) groups excluding carboxylic acids is 2. The molecular weight excluding hydrogens is 362 g/mol. The summed E-state index contributed by atoms with van der Waals surface area (Å²) in [5.41, 5.74) is 0.730. The number of aromatic nitrogens is 1. The molecule has 27 heavy (non-hydrogen) atoms. The molecule has 2 aliphatic heterocycles. The maximum absolute atomic E-state index is 12.2. The van der Waals surface area contributed by atoms with E-state index in [9.17, 15) is 9.59 Å². The molecule has 1 spiro atoms. The van der Waals surface area contributed by atoms with Crippen LogP contribution in [0.4, 0.5) is 0 Å². The fourth-order valence-corrected chi connectivity index (χ4v) is 4.61. The number of carbonyl (C=O) groups is 2. The van der Waals surface area contributed by atoms with Crippen molar-refractivity contribution in [3.8, 4) is 0 Å². The summed E-state index contributed by atoms with van der Waals surface area (Å²) < 4.78 is 6.34. The lowest BCUT2D eigenvalue weighted by molar-refractivity contribution is -0.138. The molecule has 1 unspecified atom stereocenters. The Balaban J connectivity index is 1.40. The lowest BCUT2D eigenvalue weighted by Gasteiger charge is -2.39. The monoisotopic (exact) mass is 393 g/mol. The summed E-state index contributed by atoms with van der Waals surface area (Å²) in [6.07, 6.45) is 4.82. The molecule has 3 heterocycles. The minimum absolute atomic E-state index is 0.000971. The Morgan fingerprint density at radius 2 is 2.11 bits per heavy atom. The molecule has 0 bridgehead atoms. The standard InChI is InChI=1S/C20H31N3O3S/c1-14(2)10-19(25)23-8-6-20(7-9-23)5-4-17(26-20)12-21-18(24)11-16-13-27-15(3)22-16/h13-14,17H,4-12H2,1-3H3,(H,21,24). The molecule has 0 radical (unpaired) electrons. The number of nitrogens with zero attached hydrogens (tertiary/aromatic N) is 2. The normalized spacial score (nSPS) is 21.8. The zero-order valence-corrected chi connectivity index (χ0v) is 17.4. The summed E-state index contributed by atoms with van der Waals surface area (Å²) in [5.74, 6) is 0.662. The fraction of sp³-hybridized carbons (Fsp3) is 0.750. The number of rotatable bonds is 6. The van der Waals surface area contributed by atoms with Gasteiger partial charge in [-0.05, 0) is 38.5 Å². The fourth-order valence-electron chi connectivity index (χ4n) is 3.99. The Morgan fingerprint density at radius 3 is 2.74 bits per heavy atom. The number of likely N-dealkylation sites (tertiary alicyclic amines) is 1. The van der Waals surface area contributed by atoms with Crippen LogP contribution in [0.1, 0.15) is 56.7 Å². The van der Waals surface area contributed by atoms with Crippen LogP contribution in [0.25, 0.3) is 0 Å². The highest BCUT2D eigenvalue weighted by Crippen LogP contribution is 2.38. The van der Waals surface area contributed by atoms with E-state index in [-0.39, 0.29) is 23.5 Å². The Kier molecular flexibility index (Phi) is 6.52. The highest BCUT2D eigenvalue weighted by Gasteiger charge is 2.43. The van der Waals surface area contributed by atoms with E-state index >= 15 is 0 Å². The first-order valence-corrected chi connectivity index (χ1v) is 10.9. The second-order valence-corrected chi connectivity index (χ2v) is 9.34. The van der Waals surface area contributed by atoms with Gasteiger partial charge in [0.1, 0.15) is 0 Å². The van der Waals surface area contributed by atoms with Crippen molar-refractivity contribution in [3.05, 3.63) is 16.1 Å².